The number of hydrogen-bond donors (Lipinski definition) is 0. The van der Waals surface area contributed by atoms with Gasteiger partial charge in [0.05, 0.1) is 0 Å². The summed E-state index contributed by atoms with van der Waals surface area (Å²) in [4.78, 5) is 0. The molecule has 9 aromatic carbocycles. The van der Waals surface area contributed by atoms with E-state index in [1.165, 1.54) is 102 Å². The Morgan fingerprint density at radius 2 is 0.939 bits per heavy atom. The van der Waals surface area contributed by atoms with Gasteiger partial charge in [0, 0.05) is 20.2 Å². The third kappa shape index (κ3) is 4.36. The van der Waals surface area contributed by atoms with Gasteiger partial charge in [-0.3, -0.25) is 0 Å². The fraction of sp³-hybridized carbons (Fsp3) is 0.0417. The highest BCUT2D eigenvalue weighted by atomic mass is 32.1. The number of benzene rings is 9. The number of aryl methyl sites for hydroxylation is 1. The predicted octanol–water partition coefficient (Wildman–Crippen LogP) is 13.9. The van der Waals surface area contributed by atoms with Crippen LogP contribution in [0.25, 0.3) is 85.5 Å². The van der Waals surface area contributed by atoms with E-state index in [2.05, 4.69) is 171 Å². The molecular weight excluding hydrogens is 609 g/mol. The summed E-state index contributed by atoms with van der Waals surface area (Å²) in [5, 5.41) is 13.3. The molecular formula is C48H32S. The highest BCUT2D eigenvalue weighted by Gasteiger charge is 2.19. The quantitative estimate of drug-likeness (QED) is 0.168. The van der Waals surface area contributed by atoms with Crippen LogP contribution in [0.1, 0.15) is 16.7 Å². The van der Waals surface area contributed by atoms with Crippen LogP contribution in [0.15, 0.2) is 164 Å². The van der Waals surface area contributed by atoms with E-state index in [1.54, 1.807) is 0 Å². The minimum absolute atomic E-state index is 0.863. The maximum absolute atomic E-state index is 2.48. The Morgan fingerprint density at radius 1 is 0.408 bits per heavy atom. The second kappa shape index (κ2) is 11.2. The summed E-state index contributed by atoms with van der Waals surface area (Å²) in [6.07, 6.45) is 0.863. The van der Waals surface area contributed by atoms with E-state index >= 15 is 0 Å². The minimum Gasteiger partial charge on any atom is -0.135 e. The number of rotatable bonds is 4. The maximum atomic E-state index is 2.48. The van der Waals surface area contributed by atoms with Crippen LogP contribution in [0.5, 0.6) is 0 Å². The molecule has 0 amide bonds. The Morgan fingerprint density at radius 3 is 1.55 bits per heavy atom. The van der Waals surface area contributed by atoms with Crippen molar-refractivity contribution in [3.63, 3.8) is 0 Å². The molecule has 230 valence electrons. The van der Waals surface area contributed by atoms with Crippen LogP contribution < -0.4 is 0 Å². The Hall–Kier alpha value is -5.76. The molecule has 0 bridgehead atoms. The molecule has 0 N–H and O–H groups in total. The molecule has 1 aromatic heterocycles. The fourth-order valence-electron chi connectivity index (χ4n) is 8.36. The summed E-state index contributed by atoms with van der Waals surface area (Å²) in [7, 11) is 0. The van der Waals surface area contributed by atoms with Crippen LogP contribution >= 0.6 is 11.3 Å². The Balaban J connectivity index is 1.22. The van der Waals surface area contributed by atoms with Gasteiger partial charge in [-0.25, -0.2) is 0 Å². The standard InChI is InChI=1S/C48H32S/c1-30-33-16-5-9-20-37(33)47(38-21-10-6-17-34(30)38)41-24-13-25-45-48(41)43-29-31(26-27-44(43)49-45)28-42-35-18-7-11-22-39(35)46(32-14-3-2-4-15-32)40-23-12-8-19-36(40)42/h2-27,29H,28H2,1H3. The van der Waals surface area contributed by atoms with E-state index in [1.807, 2.05) is 11.3 Å². The largest absolute Gasteiger partial charge is 0.135 e. The molecule has 1 heteroatoms. The molecule has 0 spiro atoms. The van der Waals surface area contributed by atoms with Gasteiger partial charge < -0.3 is 0 Å². The van der Waals surface area contributed by atoms with Gasteiger partial charge in [-0.2, -0.15) is 0 Å². The van der Waals surface area contributed by atoms with Gasteiger partial charge in [0.1, 0.15) is 0 Å². The average Bonchev–Trinajstić information content (AvgIpc) is 3.54. The van der Waals surface area contributed by atoms with E-state index in [9.17, 15) is 0 Å². The second-order valence-electron chi connectivity index (χ2n) is 13.2. The molecule has 0 aliphatic rings. The molecule has 0 aliphatic carbocycles. The van der Waals surface area contributed by atoms with Crippen LogP contribution in [0.3, 0.4) is 0 Å². The van der Waals surface area contributed by atoms with E-state index < -0.39 is 0 Å². The highest BCUT2D eigenvalue weighted by Crippen LogP contribution is 2.46. The molecule has 1 heterocycles. The molecule has 10 aromatic rings. The lowest BCUT2D eigenvalue weighted by Gasteiger charge is -2.18. The van der Waals surface area contributed by atoms with Crippen molar-refractivity contribution in [2.75, 3.05) is 0 Å². The smallest absolute Gasteiger partial charge is 0.0361 e. The first-order chi connectivity index (χ1) is 24.2. The lowest BCUT2D eigenvalue weighted by molar-refractivity contribution is 1.24. The van der Waals surface area contributed by atoms with E-state index in [4.69, 9.17) is 0 Å². The van der Waals surface area contributed by atoms with Crippen LogP contribution in [-0.4, -0.2) is 0 Å². The average molecular weight is 641 g/mol. The third-order valence-electron chi connectivity index (χ3n) is 10.5. The highest BCUT2D eigenvalue weighted by molar-refractivity contribution is 7.26. The zero-order valence-corrected chi connectivity index (χ0v) is 28.0. The molecule has 0 atom stereocenters. The lowest BCUT2D eigenvalue weighted by atomic mass is 9.86. The maximum Gasteiger partial charge on any atom is 0.0361 e. The SMILES string of the molecule is Cc1c2ccccc2c(-c2cccc3sc4ccc(Cc5c6ccccc6c(-c6ccccc6)c6ccccc56)cc4c23)c2ccccc12. The number of thiophene rings is 1. The van der Waals surface area contributed by atoms with Crippen LogP contribution in [0.2, 0.25) is 0 Å². The Bertz CT molecular complexity index is 2790. The van der Waals surface area contributed by atoms with Gasteiger partial charge in [0.2, 0.25) is 0 Å². The molecule has 0 saturated heterocycles. The summed E-state index contributed by atoms with van der Waals surface area (Å²) in [5.41, 5.74) is 9.30. The predicted molar refractivity (Wildman–Crippen MR) is 214 cm³/mol. The zero-order valence-electron chi connectivity index (χ0n) is 27.2. The van der Waals surface area contributed by atoms with Gasteiger partial charge in [-0.05, 0) is 114 Å². The number of fused-ring (bicyclic) bond motifs is 7. The van der Waals surface area contributed by atoms with Gasteiger partial charge in [-0.1, -0.05) is 146 Å². The van der Waals surface area contributed by atoms with Crippen LogP contribution in [0, 0.1) is 6.92 Å². The fourth-order valence-corrected chi connectivity index (χ4v) is 9.47. The molecule has 0 radical (unpaired) electrons. The van der Waals surface area contributed by atoms with Gasteiger partial charge in [0.15, 0.2) is 0 Å². The van der Waals surface area contributed by atoms with Crippen molar-refractivity contribution in [3.8, 4) is 22.3 Å². The van der Waals surface area contributed by atoms with Crippen molar-refractivity contribution >= 4 is 74.6 Å². The van der Waals surface area contributed by atoms with Crippen LogP contribution in [0.4, 0.5) is 0 Å². The zero-order chi connectivity index (χ0) is 32.5. The molecule has 10 rings (SSSR count). The molecule has 0 fully saturated rings. The topological polar surface area (TPSA) is 0 Å². The van der Waals surface area contributed by atoms with Crippen molar-refractivity contribution in [1.29, 1.82) is 0 Å². The van der Waals surface area contributed by atoms with Crippen molar-refractivity contribution in [2.24, 2.45) is 0 Å². The second-order valence-corrected chi connectivity index (χ2v) is 14.3. The van der Waals surface area contributed by atoms with Crippen LogP contribution in [-0.2, 0) is 6.42 Å². The first-order valence-corrected chi connectivity index (χ1v) is 17.9. The summed E-state index contributed by atoms with van der Waals surface area (Å²) < 4.78 is 2.67. The molecule has 0 saturated carbocycles. The van der Waals surface area contributed by atoms with Gasteiger partial charge in [-0.15, -0.1) is 11.3 Å². The summed E-state index contributed by atoms with van der Waals surface area (Å²) in [5.74, 6) is 0. The van der Waals surface area contributed by atoms with Crippen molar-refractivity contribution in [2.45, 2.75) is 13.3 Å². The van der Waals surface area contributed by atoms with Gasteiger partial charge in [0.25, 0.3) is 0 Å². The Labute approximate surface area is 289 Å². The summed E-state index contributed by atoms with van der Waals surface area (Å²) >= 11 is 1.90. The molecule has 0 unspecified atom stereocenters. The van der Waals surface area contributed by atoms with Crippen molar-refractivity contribution in [3.05, 3.63) is 180 Å². The lowest BCUT2D eigenvalue weighted by Crippen LogP contribution is -1.95. The molecule has 0 aliphatic heterocycles. The summed E-state index contributed by atoms with van der Waals surface area (Å²) in [6, 6.07) is 60.7. The van der Waals surface area contributed by atoms with Crippen molar-refractivity contribution < 1.29 is 0 Å². The number of hydrogen-bond acceptors (Lipinski definition) is 1. The first kappa shape index (κ1) is 28.3. The molecule has 49 heavy (non-hydrogen) atoms. The minimum atomic E-state index is 0.863. The summed E-state index contributed by atoms with van der Waals surface area (Å²) in [6.45, 7) is 2.26. The molecule has 0 nitrogen and oxygen atoms in total. The Kier molecular flexibility index (Phi) is 6.44. The van der Waals surface area contributed by atoms with Crippen molar-refractivity contribution in [1.82, 2.24) is 0 Å². The van der Waals surface area contributed by atoms with E-state index in [0.717, 1.165) is 6.42 Å². The monoisotopic (exact) mass is 640 g/mol. The van der Waals surface area contributed by atoms with E-state index in [-0.39, 0.29) is 0 Å². The normalized spacial score (nSPS) is 11.9. The third-order valence-corrected chi connectivity index (χ3v) is 11.7. The first-order valence-electron chi connectivity index (χ1n) is 17.1. The van der Waals surface area contributed by atoms with E-state index in [0.29, 0.717) is 0 Å². The van der Waals surface area contributed by atoms with Gasteiger partial charge >= 0.3 is 0 Å².